The van der Waals surface area contributed by atoms with Gasteiger partial charge < -0.3 is 10.6 Å². The van der Waals surface area contributed by atoms with Crippen molar-refractivity contribution in [2.24, 2.45) is 0 Å². The minimum Gasteiger partial charge on any atom is -0.355 e. The van der Waals surface area contributed by atoms with Crippen molar-refractivity contribution >= 4 is 11.8 Å². The Bertz CT molecular complexity index is 349. The number of nitrogens with one attached hydrogen (secondary N) is 2. The summed E-state index contributed by atoms with van der Waals surface area (Å²) in [5.74, 6) is -0.304. The molecule has 0 spiro atoms. The normalized spacial score (nSPS) is 9.56. The molecular weight excluding hydrogens is 204 g/mol. The summed E-state index contributed by atoms with van der Waals surface area (Å²) in [6.45, 7) is 2.45. The first kappa shape index (κ1) is 12.2. The highest BCUT2D eigenvalue weighted by Crippen LogP contribution is 1.98. The molecule has 0 aliphatic rings. The lowest BCUT2D eigenvalue weighted by molar-refractivity contribution is -0.125. The van der Waals surface area contributed by atoms with Crippen LogP contribution in [0.25, 0.3) is 0 Å². The van der Waals surface area contributed by atoms with E-state index in [9.17, 15) is 9.59 Å². The third-order valence-corrected chi connectivity index (χ3v) is 2.03. The van der Waals surface area contributed by atoms with E-state index in [1.807, 2.05) is 37.3 Å². The number of amides is 2. The molecule has 4 nitrogen and oxygen atoms in total. The summed E-state index contributed by atoms with van der Waals surface area (Å²) in [6.07, 6.45) is 0.306. The number of carbonyl (C=O) groups is 2. The van der Waals surface area contributed by atoms with Crippen molar-refractivity contribution in [3.63, 3.8) is 0 Å². The van der Waals surface area contributed by atoms with Gasteiger partial charge in [-0.25, -0.2) is 0 Å². The molecule has 1 aromatic rings. The van der Waals surface area contributed by atoms with Gasteiger partial charge in [0.05, 0.1) is 13.0 Å². The lowest BCUT2D eigenvalue weighted by Gasteiger charge is -2.05. The zero-order chi connectivity index (χ0) is 11.8. The van der Waals surface area contributed by atoms with Gasteiger partial charge in [-0.15, -0.1) is 0 Å². The van der Waals surface area contributed by atoms with Crippen molar-refractivity contribution in [3.05, 3.63) is 35.9 Å². The zero-order valence-corrected chi connectivity index (χ0v) is 9.32. The van der Waals surface area contributed by atoms with Crippen LogP contribution in [0.5, 0.6) is 0 Å². The average Bonchev–Trinajstić information content (AvgIpc) is 2.28. The number of hydrogen-bond donors (Lipinski definition) is 2. The molecule has 0 bridgehead atoms. The standard InChI is InChI=1S/C12H16N2O2/c1-2-13-12(16)9-14-11(15)8-10-6-4-3-5-7-10/h3-7H,2,8-9H2,1H3,(H,13,16)(H,14,15). The van der Waals surface area contributed by atoms with Gasteiger partial charge in [0.15, 0.2) is 0 Å². The molecule has 2 N–H and O–H groups in total. The van der Waals surface area contributed by atoms with Crippen LogP contribution in [0.2, 0.25) is 0 Å². The molecule has 0 saturated heterocycles. The lowest BCUT2D eigenvalue weighted by Crippen LogP contribution is -2.37. The third kappa shape index (κ3) is 4.59. The first-order valence-electron chi connectivity index (χ1n) is 5.29. The Morgan fingerprint density at radius 2 is 1.75 bits per heavy atom. The molecule has 0 fully saturated rings. The first-order chi connectivity index (χ1) is 7.72. The Labute approximate surface area is 95.0 Å². The molecular formula is C12H16N2O2. The molecule has 0 saturated carbocycles. The fourth-order valence-electron chi connectivity index (χ4n) is 1.28. The van der Waals surface area contributed by atoms with Crippen molar-refractivity contribution in [3.8, 4) is 0 Å². The van der Waals surface area contributed by atoms with Gasteiger partial charge in [-0.05, 0) is 12.5 Å². The van der Waals surface area contributed by atoms with Crippen LogP contribution in [0.4, 0.5) is 0 Å². The first-order valence-corrected chi connectivity index (χ1v) is 5.29. The highest BCUT2D eigenvalue weighted by Gasteiger charge is 2.04. The quantitative estimate of drug-likeness (QED) is 0.758. The van der Waals surface area contributed by atoms with Crippen molar-refractivity contribution in [1.29, 1.82) is 0 Å². The second-order valence-electron chi connectivity index (χ2n) is 3.39. The molecule has 0 aliphatic heterocycles. The Kier molecular flexibility index (Phi) is 5.05. The Morgan fingerprint density at radius 3 is 2.38 bits per heavy atom. The van der Waals surface area contributed by atoms with Crippen LogP contribution in [0.1, 0.15) is 12.5 Å². The van der Waals surface area contributed by atoms with Crippen LogP contribution in [0, 0.1) is 0 Å². The summed E-state index contributed by atoms with van der Waals surface area (Å²) in [5.41, 5.74) is 0.941. The van der Waals surface area contributed by atoms with Crippen molar-refractivity contribution in [1.82, 2.24) is 10.6 Å². The van der Waals surface area contributed by atoms with Gasteiger partial charge >= 0.3 is 0 Å². The summed E-state index contributed by atoms with van der Waals surface area (Å²) in [5, 5.41) is 5.18. The highest BCUT2D eigenvalue weighted by atomic mass is 16.2. The van der Waals surface area contributed by atoms with E-state index in [4.69, 9.17) is 0 Å². The predicted octanol–water partition coefficient (Wildman–Crippen LogP) is 0.481. The Balaban J connectivity index is 2.29. The zero-order valence-electron chi connectivity index (χ0n) is 9.32. The summed E-state index contributed by atoms with van der Waals surface area (Å²) in [4.78, 5) is 22.5. The molecule has 2 amide bonds. The van der Waals surface area contributed by atoms with E-state index < -0.39 is 0 Å². The number of benzene rings is 1. The van der Waals surface area contributed by atoms with Gasteiger partial charge in [-0.1, -0.05) is 30.3 Å². The second kappa shape index (κ2) is 6.61. The van der Waals surface area contributed by atoms with E-state index in [1.165, 1.54) is 0 Å². The maximum atomic E-state index is 11.4. The third-order valence-electron chi connectivity index (χ3n) is 2.03. The largest absolute Gasteiger partial charge is 0.355 e. The topological polar surface area (TPSA) is 58.2 Å². The molecule has 4 heteroatoms. The number of hydrogen-bond acceptors (Lipinski definition) is 2. The molecule has 0 atom stereocenters. The van der Waals surface area contributed by atoms with Gasteiger partial charge in [0, 0.05) is 6.54 Å². The van der Waals surface area contributed by atoms with E-state index in [-0.39, 0.29) is 18.4 Å². The van der Waals surface area contributed by atoms with E-state index in [1.54, 1.807) is 0 Å². The molecule has 86 valence electrons. The average molecular weight is 220 g/mol. The molecule has 1 rings (SSSR count). The summed E-state index contributed by atoms with van der Waals surface area (Å²) < 4.78 is 0. The Morgan fingerprint density at radius 1 is 1.06 bits per heavy atom. The minimum absolute atomic E-state index is 0.0412. The van der Waals surface area contributed by atoms with Gasteiger partial charge in [-0.3, -0.25) is 9.59 Å². The SMILES string of the molecule is CCNC(=O)CNC(=O)Cc1ccccc1. The van der Waals surface area contributed by atoms with Crippen molar-refractivity contribution in [2.45, 2.75) is 13.3 Å². The summed E-state index contributed by atoms with van der Waals surface area (Å²) >= 11 is 0. The molecule has 0 unspecified atom stereocenters. The predicted molar refractivity (Wildman–Crippen MR) is 61.8 cm³/mol. The van der Waals surface area contributed by atoms with Crippen LogP contribution in [-0.4, -0.2) is 24.9 Å². The Hall–Kier alpha value is -1.84. The molecule has 0 heterocycles. The van der Waals surface area contributed by atoms with Crippen molar-refractivity contribution in [2.75, 3.05) is 13.1 Å². The fraction of sp³-hybridized carbons (Fsp3) is 0.333. The number of carbonyl (C=O) groups excluding carboxylic acids is 2. The van der Waals surface area contributed by atoms with Crippen molar-refractivity contribution < 1.29 is 9.59 Å². The highest BCUT2D eigenvalue weighted by molar-refractivity contribution is 5.85. The second-order valence-corrected chi connectivity index (χ2v) is 3.39. The molecule has 16 heavy (non-hydrogen) atoms. The van der Waals surface area contributed by atoms with Gasteiger partial charge in [0.2, 0.25) is 11.8 Å². The fourth-order valence-corrected chi connectivity index (χ4v) is 1.28. The molecule has 0 aromatic heterocycles. The molecule has 0 aliphatic carbocycles. The maximum Gasteiger partial charge on any atom is 0.239 e. The molecule has 1 aromatic carbocycles. The van der Waals surface area contributed by atoms with E-state index in [2.05, 4.69) is 10.6 Å². The monoisotopic (exact) mass is 220 g/mol. The van der Waals surface area contributed by atoms with Gasteiger partial charge in [0.25, 0.3) is 0 Å². The maximum absolute atomic E-state index is 11.4. The lowest BCUT2D eigenvalue weighted by atomic mass is 10.1. The van der Waals surface area contributed by atoms with Crippen LogP contribution < -0.4 is 10.6 Å². The minimum atomic E-state index is -0.163. The van der Waals surface area contributed by atoms with E-state index >= 15 is 0 Å². The smallest absolute Gasteiger partial charge is 0.239 e. The number of rotatable bonds is 5. The van der Waals surface area contributed by atoms with Gasteiger partial charge in [-0.2, -0.15) is 0 Å². The van der Waals surface area contributed by atoms with Crippen LogP contribution in [-0.2, 0) is 16.0 Å². The number of likely N-dealkylation sites (N-methyl/N-ethyl adjacent to an activating group) is 1. The van der Waals surface area contributed by atoms with Crippen LogP contribution in [0.3, 0.4) is 0 Å². The van der Waals surface area contributed by atoms with Gasteiger partial charge in [0.1, 0.15) is 0 Å². The van der Waals surface area contributed by atoms with E-state index in [0.29, 0.717) is 13.0 Å². The van der Waals surface area contributed by atoms with Crippen LogP contribution in [0.15, 0.2) is 30.3 Å². The summed E-state index contributed by atoms with van der Waals surface area (Å²) in [6, 6.07) is 9.42. The molecule has 0 radical (unpaired) electrons. The summed E-state index contributed by atoms with van der Waals surface area (Å²) in [7, 11) is 0. The van der Waals surface area contributed by atoms with E-state index in [0.717, 1.165) is 5.56 Å². The van der Waals surface area contributed by atoms with Crippen LogP contribution >= 0.6 is 0 Å².